The Hall–Kier alpha value is -3.83. The molecule has 3 aromatic rings. The first kappa shape index (κ1) is 25.8. The van der Waals surface area contributed by atoms with E-state index in [1.807, 2.05) is 6.92 Å². The molecule has 0 fully saturated rings. The molecule has 0 saturated heterocycles. The minimum atomic E-state index is -1.35. The lowest BCUT2D eigenvalue weighted by molar-refractivity contribution is 0.0928. The number of hydrogen-bond acceptors (Lipinski definition) is 5. The summed E-state index contributed by atoms with van der Waals surface area (Å²) in [6.45, 7) is 4.63. The van der Waals surface area contributed by atoms with Crippen molar-refractivity contribution in [2.75, 3.05) is 6.54 Å². The lowest BCUT2D eigenvalue weighted by Crippen LogP contribution is -2.53. The Morgan fingerprint density at radius 1 is 1.20 bits per heavy atom. The van der Waals surface area contributed by atoms with Gasteiger partial charge < -0.3 is 20.5 Å². The predicted molar refractivity (Wildman–Crippen MR) is 121 cm³/mol. The molecule has 1 unspecified atom stereocenters. The van der Waals surface area contributed by atoms with E-state index in [-0.39, 0.29) is 29.0 Å². The SMILES string of the molecule is CCCC(C)(CNC(=O)c1c2nc(C)cc(OCc3c(F)ccc(F)c3F)c2nn1C)NC(=O)O. The van der Waals surface area contributed by atoms with Gasteiger partial charge in [-0.3, -0.25) is 9.48 Å². The number of aryl methyl sites for hydroxylation is 2. The molecule has 1 aromatic carbocycles. The molecule has 0 spiro atoms. The summed E-state index contributed by atoms with van der Waals surface area (Å²) in [4.78, 5) is 28.6. The van der Waals surface area contributed by atoms with E-state index in [1.54, 1.807) is 13.8 Å². The number of fused-ring (bicyclic) bond motifs is 1. The third-order valence-corrected chi connectivity index (χ3v) is 5.46. The largest absolute Gasteiger partial charge is 0.486 e. The van der Waals surface area contributed by atoms with Crippen LogP contribution in [0.4, 0.5) is 18.0 Å². The number of aromatic nitrogens is 3. The first-order chi connectivity index (χ1) is 16.5. The van der Waals surface area contributed by atoms with Crippen LogP contribution in [0.25, 0.3) is 11.0 Å². The fourth-order valence-corrected chi connectivity index (χ4v) is 3.83. The Balaban J connectivity index is 1.89. The van der Waals surface area contributed by atoms with Gasteiger partial charge in [-0.1, -0.05) is 13.3 Å². The molecule has 0 aliphatic rings. The summed E-state index contributed by atoms with van der Waals surface area (Å²) in [7, 11) is 1.52. The molecule has 0 aliphatic carbocycles. The molecule has 1 atom stereocenters. The Bertz CT molecular complexity index is 1280. The predicted octanol–water partition coefficient (Wildman–Crippen LogP) is 3.83. The Morgan fingerprint density at radius 2 is 1.89 bits per heavy atom. The second kappa shape index (κ2) is 10.2. The van der Waals surface area contributed by atoms with E-state index in [9.17, 15) is 22.8 Å². The van der Waals surface area contributed by atoms with Gasteiger partial charge in [-0.15, -0.1) is 0 Å². The highest BCUT2D eigenvalue weighted by atomic mass is 19.2. The monoisotopic (exact) mass is 493 g/mol. The van der Waals surface area contributed by atoms with Crippen LogP contribution < -0.4 is 15.4 Å². The molecule has 188 valence electrons. The number of benzene rings is 1. The molecule has 0 aliphatic heterocycles. The van der Waals surface area contributed by atoms with Crippen molar-refractivity contribution in [2.45, 2.75) is 45.8 Å². The van der Waals surface area contributed by atoms with E-state index in [4.69, 9.17) is 9.84 Å². The zero-order valence-corrected chi connectivity index (χ0v) is 19.7. The van der Waals surface area contributed by atoms with Gasteiger partial charge in [0.15, 0.2) is 28.6 Å². The molecule has 0 bridgehead atoms. The van der Waals surface area contributed by atoms with Gasteiger partial charge in [0, 0.05) is 25.4 Å². The zero-order chi connectivity index (χ0) is 25.9. The number of hydrogen-bond donors (Lipinski definition) is 3. The van der Waals surface area contributed by atoms with E-state index in [0.29, 0.717) is 24.6 Å². The van der Waals surface area contributed by atoms with Crippen LogP contribution in [0.3, 0.4) is 0 Å². The molecular formula is C23H26F3N5O4. The van der Waals surface area contributed by atoms with Gasteiger partial charge in [0.2, 0.25) is 0 Å². The third kappa shape index (κ3) is 5.64. The minimum absolute atomic E-state index is 0.0198. The number of carboxylic acid groups (broad SMARTS) is 1. The second-order valence-corrected chi connectivity index (χ2v) is 8.47. The van der Waals surface area contributed by atoms with Crippen LogP contribution in [0.1, 0.15) is 48.4 Å². The highest BCUT2D eigenvalue weighted by Gasteiger charge is 2.28. The molecule has 3 rings (SSSR count). The highest BCUT2D eigenvalue weighted by Crippen LogP contribution is 2.28. The van der Waals surface area contributed by atoms with Crippen LogP contribution >= 0.6 is 0 Å². The van der Waals surface area contributed by atoms with Crippen molar-refractivity contribution >= 4 is 23.0 Å². The fraction of sp³-hybridized carbons (Fsp3) is 0.391. The lowest BCUT2D eigenvalue weighted by atomic mass is 9.96. The van der Waals surface area contributed by atoms with Gasteiger partial charge in [-0.05, 0) is 32.4 Å². The molecule has 0 saturated carbocycles. The molecule has 12 heteroatoms. The Labute approximate surface area is 199 Å². The van der Waals surface area contributed by atoms with Crippen molar-refractivity contribution in [1.82, 2.24) is 25.4 Å². The van der Waals surface area contributed by atoms with Gasteiger partial charge in [0.05, 0.1) is 11.1 Å². The second-order valence-electron chi connectivity index (χ2n) is 8.47. The summed E-state index contributed by atoms with van der Waals surface area (Å²) in [6, 6.07) is 2.98. The van der Waals surface area contributed by atoms with Crippen molar-refractivity contribution < 1.29 is 32.6 Å². The van der Waals surface area contributed by atoms with Crippen molar-refractivity contribution in [3.63, 3.8) is 0 Å². The quantitative estimate of drug-likeness (QED) is 0.390. The average Bonchev–Trinajstić information content (AvgIpc) is 3.10. The topological polar surface area (TPSA) is 118 Å². The number of carbonyl (C=O) groups is 2. The molecule has 3 N–H and O–H groups in total. The summed E-state index contributed by atoms with van der Waals surface area (Å²) in [5, 5.41) is 18.5. The number of carbonyl (C=O) groups excluding carboxylic acids is 1. The molecule has 2 heterocycles. The number of amides is 2. The summed E-state index contributed by atoms with van der Waals surface area (Å²) in [5.74, 6) is -3.95. The molecule has 2 amide bonds. The summed E-state index contributed by atoms with van der Waals surface area (Å²) >= 11 is 0. The number of nitrogens with one attached hydrogen (secondary N) is 2. The van der Waals surface area contributed by atoms with Crippen LogP contribution in [-0.4, -0.2) is 44.0 Å². The number of ether oxygens (including phenoxy) is 1. The van der Waals surface area contributed by atoms with Crippen LogP contribution in [0.15, 0.2) is 18.2 Å². The summed E-state index contributed by atoms with van der Waals surface area (Å²) < 4.78 is 48.4. The molecular weight excluding hydrogens is 467 g/mol. The smallest absolute Gasteiger partial charge is 0.405 e. The maximum atomic E-state index is 14.0. The average molecular weight is 493 g/mol. The molecule has 0 radical (unpaired) electrons. The fourth-order valence-electron chi connectivity index (χ4n) is 3.83. The van der Waals surface area contributed by atoms with E-state index in [1.165, 1.54) is 17.8 Å². The van der Waals surface area contributed by atoms with Crippen molar-refractivity contribution in [3.8, 4) is 5.75 Å². The minimum Gasteiger partial charge on any atom is -0.486 e. The number of halogens is 3. The van der Waals surface area contributed by atoms with E-state index >= 15 is 0 Å². The van der Waals surface area contributed by atoms with Crippen LogP contribution in [0.5, 0.6) is 5.75 Å². The maximum Gasteiger partial charge on any atom is 0.405 e. The standard InChI is InChI=1S/C23H26F3N5O4/c1-5-8-23(3,29-22(33)34)11-27-21(32)20-19-18(30-31(20)4)16(9-12(2)28-19)35-10-13-14(24)6-7-15(25)17(13)26/h6-7,9,29H,5,8,10-11H2,1-4H3,(H,27,32)(H,33,34). The summed E-state index contributed by atoms with van der Waals surface area (Å²) in [5.41, 5.74) is -0.586. The van der Waals surface area contributed by atoms with Crippen molar-refractivity contribution in [2.24, 2.45) is 7.05 Å². The van der Waals surface area contributed by atoms with Gasteiger partial charge in [-0.2, -0.15) is 5.10 Å². The van der Waals surface area contributed by atoms with E-state index in [0.717, 1.165) is 6.07 Å². The number of pyridine rings is 1. The highest BCUT2D eigenvalue weighted by molar-refractivity contribution is 6.04. The third-order valence-electron chi connectivity index (χ3n) is 5.46. The molecule has 35 heavy (non-hydrogen) atoms. The normalized spacial score (nSPS) is 12.9. The lowest BCUT2D eigenvalue weighted by Gasteiger charge is -2.29. The number of rotatable bonds is 9. The van der Waals surface area contributed by atoms with Crippen molar-refractivity contribution in [3.05, 3.63) is 52.6 Å². The van der Waals surface area contributed by atoms with Crippen LogP contribution in [-0.2, 0) is 13.7 Å². The van der Waals surface area contributed by atoms with Crippen molar-refractivity contribution in [1.29, 1.82) is 0 Å². The zero-order valence-electron chi connectivity index (χ0n) is 19.7. The molecule has 9 nitrogen and oxygen atoms in total. The van der Waals surface area contributed by atoms with Gasteiger partial charge in [-0.25, -0.2) is 22.9 Å². The number of nitrogens with zero attached hydrogens (tertiary/aromatic N) is 3. The first-order valence-corrected chi connectivity index (χ1v) is 10.8. The summed E-state index contributed by atoms with van der Waals surface area (Å²) in [6.07, 6.45) is -0.0183. The Kier molecular flexibility index (Phi) is 7.51. The van der Waals surface area contributed by atoms with Gasteiger partial charge >= 0.3 is 6.09 Å². The van der Waals surface area contributed by atoms with Gasteiger partial charge in [0.1, 0.15) is 17.9 Å². The van der Waals surface area contributed by atoms with E-state index < -0.39 is 47.2 Å². The first-order valence-electron chi connectivity index (χ1n) is 10.8. The molecule has 2 aromatic heterocycles. The van der Waals surface area contributed by atoms with Crippen LogP contribution in [0.2, 0.25) is 0 Å². The van der Waals surface area contributed by atoms with Crippen LogP contribution in [0, 0.1) is 24.4 Å². The van der Waals surface area contributed by atoms with Gasteiger partial charge in [0.25, 0.3) is 5.91 Å². The van der Waals surface area contributed by atoms with E-state index in [2.05, 4.69) is 20.7 Å². The maximum absolute atomic E-state index is 14.0. The Morgan fingerprint density at radius 3 is 2.54 bits per heavy atom.